The van der Waals surface area contributed by atoms with Crippen LogP contribution in [0.5, 0.6) is 0 Å². The number of aliphatic hydroxyl groups is 1. The van der Waals surface area contributed by atoms with Crippen LogP contribution in [0.4, 0.5) is 4.39 Å². The first kappa shape index (κ1) is 22.6. The highest BCUT2D eigenvalue weighted by atomic mass is 35.5. The van der Waals surface area contributed by atoms with Gasteiger partial charge in [0.1, 0.15) is 5.82 Å². The molecule has 2 N–H and O–H groups in total. The van der Waals surface area contributed by atoms with Gasteiger partial charge in [-0.15, -0.1) is 24.8 Å². The number of benzene rings is 2. The molecule has 1 aromatic heterocycles. The third kappa shape index (κ3) is 4.66. The Kier molecular flexibility index (Phi) is 8.25. The minimum absolute atomic E-state index is 0. The average Bonchev–Trinajstić information content (AvgIpc) is 3.07. The molecule has 4 rings (SSSR count). The first-order valence-electron chi connectivity index (χ1n) is 9.34. The fraction of sp³-hybridized carbons (Fsp3) is 0.381. The molecule has 2 aromatic carbocycles. The number of imidazole rings is 1. The highest BCUT2D eigenvalue weighted by Gasteiger charge is 2.22. The maximum atomic E-state index is 14.3. The van der Waals surface area contributed by atoms with Gasteiger partial charge in [-0.05, 0) is 44.4 Å². The molecule has 0 amide bonds. The Morgan fingerprint density at radius 1 is 1.11 bits per heavy atom. The number of hydrogen-bond acceptors (Lipinski definition) is 3. The summed E-state index contributed by atoms with van der Waals surface area (Å²) in [6, 6.07) is 12.9. The summed E-state index contributed by atoms with van der Waals surface area (Å²) in [5.41, 5.74) is 3.31. The highest BCUT2D eigenvalue weighted by Crippen LogP contribution is 2.30. The number of para-hydroxylation sites is 1. The summed E-state index contributed by atoms with van der Waals surface area (Å²) in [6.45, 7) is 1.78. The number of hydrogen-bond donors (Lipinski definition) is 2. The van der Waals surface area contributed by atoms with Crippen molar-refractivity contribution in [2.75, 3.05) is 6.54 Å². The van der Waals surface area contributed by atoms with Gasteiger partial charge in [0.25, 0.3) is 0 Å². The Bertz CT molecular complexity index is 902. The Hall–Kier alpha value is -1.66. The predicted octanol–water partition coefficient (Wildman–Crippen LogP) is 4.58. The Morgan fingerprint density at radius 3 is 2.68 bits per heavy atom. The summed E-state index contributed by atoms with van der Waals surface area (Å²) in [4.78, 5) is 4.49. The van der Waals surface area contributed by atoms with E-state index in [-0.39, 0.29) is 42.8 Å². The molecule has 3 aromatic rings. The fourth-order valence-corrected chi connectivity index (χ4v) is 3.91. The van der Waals surface area contributed by atoms with E-state index >= 15 is 0 Å². The zero-order chi connectivity index (χ0) is 17.9. The lowest BCUT2D eigenvalue weighted by Crippen LogP contribution is -2.44. The number of fused-ring (bicyclic) bond motifs is 1. The second kappa shape index (κ2) is 10.2. The summed E-state index contributed by atoms with van der Waals surface area (Å²) in [7, 11) is 0. The largest absolute Gasteiger partial charge is 0.392 e. The highest BCUT2D eigenvalue weighted by molar-refractivity contribution is 5.92. The van der Waals surface area contributed by atoms with Gasteiger partial charge >= 0.3 is 0 Å². The quantitative estimate of drug-likeness (QED) is 0.628. The molecule has 0 saturated carbocycles. The van der Waals surface area contributed by atoms with Crippen molar-refractivity contribution < 1.29 is 9.50 Å². The Morgan fingerprint density at radius 2 is 1.89 bits per heavy atom. The lowest BCUT2D eigenvalue weighted by atomic mass is 9.97. The van der Waals surface area contributed by atoms with Crippen molar-refractivity contribution in [2.24, 2.45) is 0 Å². The maximum Gasteiger partial charge on any atom is 0.131 e. The molecule has 0 radical (unpaired) electrons. The summed E-state index contributed by atoms with van der Waals surface area (Å²) >= 11 is 0. The molecule has 2 heterocycles. The SMILES string of the molecule is Cl.Cl.O[C@H]1CCCN[C@@H]1CCCn1cnc2cccc(-c3ccccc3F)c21. The lowest BCUT2D eigenvalue weighted by molar-refractivity contribution is 0.0909. The van der Waals surface area contributed by atoms with E-state index in [0.29, 0.717) is 5.56 Å². The standard InChI is InChI=1S/C21H24FN3O.2ClH/c22-17-8-2-1-6-15(17)16-7-3-9-19-21(16)25(14-24-19)13-5-10-18-20(26)11-4-12-23-18;;/h1-3,6-9,14,18,20,23,26H,4-5,10-13H2;2*1H/t18-,20+;;/m1../s1. The number of aromatic nitrogens is 2. The van der Waals surface area contributed by atoms with Crippen LogP contribution in [0.1, 0.15) is 25.7 Å². The smallest absolute Gasteiger partial charge is 0.131 e. The van der Waals surface area contributed by atoms with E-state index in [1.807, 2.05) is 36.7 Å². The number of aliphatic hydroxyl groups excluding tert-OH is 1. The van der Waals surface area contributed by atoms with Crippen LogP contribution in [-0.2, 0) is 6.54 Å². The minimum Gasteiger partial charge on any atom is -0.392 e. The number of rotatable bonds is 5. The molecule has 0 unspecified atom stereocenters. The molecule has 1 aliphatic heterocycles. The van der Waals surface area contributed by atoms with Gasteiger partial charge in [0, 0.05) is 23.7 Å². The van der Waals surface area contributed by atoms with E-state index in [1.165, 1.54) is 6.07 Å². The van der Waals surface area contributed by atoms with Gasteiger partial charge < -0.3 is 15.0 Å². The molecule has 1 fully saturated rings. The Labute approximate surface area is 177 Å². The molecule has 4 nitrogen and oxygen atoms in total. The first-order chi connectivity index (χ1) is 12.7. The van der Waals surface area contributed by atoms with Gasteiger partial charge in [0.2, 0.25) is 0 Å². The van der Waals surface area contributed by atoms with Crippen molar-refractivity contribution in [3.05, 3.63) is 54.6 Å². The number of nitrogens with one attached hydrogen (secondary N) is 1. The fourth-order valence-electron chi connectivity index (χ4n) is 3.91. The third-order valence-corrected chi connectivity index (χ3v) is 5.26. The summed E-state index contributed by atoms with van der Waals surface area (Å²) < 4.78 is 16.4. The van der Waals surface area contributed by atoms with Crippen molar-refractivity contribution in [3.8, 4) is 11.1 Å². The van der Waals surface area contributed by atoms with Crippen LogP contribution in [-0.4, -0.2) is 33.3 Å². The van der Waals surface area contributed by atoms with E-state index in [1.54, 1.807) is 6.07 Å². The number of aryl methyl sites for hydroxylation is 1. The maximum absolute atomic E-state index is 14.3. The second-order valence-corrected chi connectivity index (χ2v) is 7.00. The third-order valence-electron chi connectivity index (χ3n) is 5.26. The topological polar surface area (TPSA) is 50.1 Å². The zero-order valence-corrected chi connectivity index (χ0v) is 17.2. The monoisotopic (exact) mass is 425 g/mol. The van der Waals surface area contributed by atoms with Crippen LogP contribution in [0, 0.1) is 5.82 Å². The molecule has 0 spiro atoms. The van der Waals surface area contributed by atoms with Crippen molar-refractivity contribution in [3.63, 3.8) is 0 Å². The molecule has 0 aliphatic carbocycles. The average molecular weight is 426 g/mol. The minimum atomic E-state index is -0.253. The van der Waals surface area contributed by atoms with Crippen molar-refractivity contribution in [2.45, 2.75) is 44.4 Å². The molecule has 7 heteroatoms. The predicted molar refractivity (Wildman–Crippen MR) is 116 cm³/mol. The van der Waals surface area contributed by atoms with Crippen LogP contribution in [0.3, 0.4) is 0 Å². The van der Waals surface area contributed by atoms with Gasteiger partial charge in [-0.1, -0.05) is 30.3 Å². The van der Waals surface area contributed by atoms with Gasteiger partial charge in [0.05, 0.1) is 23.5 Å². The van der Waals surface area contributed by atoms with Gasteiger partial charge in [-0.25, -0.2) is 9.37 Å². The van der Waals surface area contributed by atoms with E-state index in [2.05, 4.69) is 14.9 Å². The summed E-state index contributed by atoms with van der Waals surface area (Å²) in [5.74, 6) is -0.220. The number of halogens is 3. The number of nitrogens with zero attached hydrogens (tertiary/aromatic N) is 2. The second-order valence-electron chi connectivity index (χ2n) is 7.00. The van der Waals surface area contributed by atoms with E-state index in [0.717, 1.165) is 55.4 Å². The van der Waals surface area contributed by atoms with Crippen LogP contribution >= 0.6 is 24.8 Å². The van der Waals surface area contributed by atoms with Crippen LogP contribution < -0.4 is 5.32 Å². The number of piperidine rings is 1. The van der Waals surface area contributed by atoms with Gasteiger partial charge in [-0.3, -0.25) is 0 Å². The molecule has 152 valence electrons. The molecule has 0 bridgehead atoms. The zero-order valence-electron chi connectivity index (χ0n) is 15.6. The molecular weight excluding hydrogens is 400 g/mol. The molecular formula is C21H26Cl2FN3O. The van der Waals surface area contributed by atoms with Crippen LogP contribution in [0.25, 0.3) is 22.2 Å². The molecule has 1 saturated heterocycles. The van der Waals surface area contributed by atoms with Crippen molar-refractivity contribution >= 4 is 35.8 Å². The Balaban J connectivity index is 0.00000140. The van der Waals surface area contributed by atoms with Gasteiger partial charge in [0.15, 0.2) is 0 Å². The molecule has 1 aliphatic rings. The molecule has 28 heavy (non-hydrogen) atoms. The lowest BCUT2D eigenvalue weighted by Gasteiger charge is -2.29. The van der Waals surface area contributed by atoms with E-state index in [9.17, 15) is 9.50 Å². The van der Waals surface area contributed by atoms with Gasteiger partial charge in [-0.2, -0.15) is 0 Å². The first-order valence-corrected chi connectivity index (χ1v) is 9.34. The van der Waals surface area contributed by atoms with E-state index in [4.69, 9.17) is 0 Å². The summed E-state index contributed by atoms with van der Waals surface area (Å²) in [6.07, 6.45) is 5.35. The summed E-state index contributed by atoms with van der Waals surface area (Å²) in [5, 5.41) is 13.5. The normalized spacial score (nSPS) is 19.1. The molecule has 2 atom stereocenters. The van der Waals surface area contributed by atoms with Crippen LogP contribution in [0.2, 0.25) is 0 Å². The van der Waals surface area contributed by atoms with Crippen LogP contribution in [0.15, 0.2) is 48.8 Å². The van der Waals surface area contributed by atoms with Crippen molar-refractivity contribution in [1.82, 2.24) is 14.9 Å². The van der Waals surface area contributed by atoms with Crippen molar-refractivity contribution in [1.29, 1.82) is 0 Å². The van der Waals surface area contributed by atoms with E-state index < -0.39 is 0 Å².